The number of aliphatic hydroxyl groups excluding tert-OH is 1. The van der Waals surface area contributed by atoms with Gasteiger partial charge < -0.3 is 14.7 Å². The maximum absolute atomic E-state index is 12.4. The first-order valence-corrected chi connectivity index (χ1v) is 5.12. The SMILES string of the molecule is CN1CCOc2ccc([C@@H](O)C(F)(F)F)cc21. The van der Waals surface area contributed by atoms with Gasteiger partial charge in [-0.05, 0) is 17.7 Å². The Bertz CT molecular complexity index is 420. The number of halogens is 3. The minimum Gasteiger partial charge on any atom is -0.490 e. The van der Waals surface area contributed by atoms with Crippen LogP contribution in [0.5, 0.6) is 5.75 Å². The molecule has 0 bridgehead atoms. The summed E-state index contributed by atoms with van der Waals surface area (Å²) in [6.07, 6.45) is -7.11. The van der Waals surface area contributed by atoms with Crippen LogP contribution in [0.3, 0.4) is 0 Å². The van der Waals surface area contributed by atoms with Crippen LogP contribution in [0.15, 0.2) is 18.2 Å². The van der Waals surface area contributed by atoms with Gasteiger partial charge in [0.05, 0.1) is 12.2 Å². The molecule has 0 radical (unpaired) electrons. The van der Waals surface area contributed by atoms with Crippen molar-refractivity contribution in [3.05, 3.63) is 23.8 Å². The minimum atomic E-state index is -4.65. The van der Waals surface area contributed by atoms with Crippen LogP contribution in [0.4, 0.5) is 18.9 Å². The second kappa shape index (κ2) is 4.10. The van der Waals surface area contributed by atoms with Gasteiger partial charge in [-0.2, -0.15) is 13.2 Å². The zero-order valence-electron chi connectivity index (χ0n) is 9.16. The standard InChI is InChI=1S/C11H12F3NO2/c1-15-4-5-17-9-3-2-7(6-8(9)15)10(16)11(12,13)14/h2-3,6,10,16H,4-5H2,1H3/t10-/m1/s1. The number of aliphatic hydroxyl groups is 1. The van der Waals surface area contributed by atoms with Gasteiger partial charge in [-0.25, -0.2) is 0 Å². The fourth-order valence-corrected chi connectivity index (χ4v) is 1.73. The fraction of sp³-hybridized carbons (Fsp3) is 0.455. The van der Waals surface area contributed by atoms with E-state index in [1.54, 1.807) is 11.9 Å². The van der Waals surface area contributed by atoms with Crippen molar-refractivity contribution in [3.8, 4) is 5.75 Å². The number of hydrogen-bond donors (Lipinski definition) is 1. The molecule has 0 amide bonds. The van der Waals surface area contributed by atoms with Crippen LogP contribution in [-0.2, 0) is 0 Å². The summed E-state index contributed by atoms with van der Waals surface area (Å²) in [5.74, 6) is 0.539. The monoisotopic (exact) mass is 247 g/mol. The number of rotatable bonds is 1. The van der Waals surface area contributed by atoms with Gasteiger partial charge in [-0.15, -0.1) is 0 Å². The van der Waals surface area contributed by atoms with E-state index in [-0.39, 0.29) is 5.56 Å². The molecule has 0 aromatic heterocycles. The van der Waals surface area contributed by atoms with E-state index in [2.05, 4.69) is 0 Å². The lowest BCUT2D eigenvalue weighted by Crippen LogP contribution is -2.29. The largest absolute Gasteiger partial charge is 0.490 e. The number of alkyl halides is 3. The predicted octanol–water partition coefficient (Wildman–Crippen LogP) is 2.11. The summed E-state index contributed by atoms with van der Waals surface area (Å²) in [4.78, 5) is 1.80. The van der Waals surface area contributed by atoms with Gasteiger partial charge in [0.1, 0.15) is 12.4 Å². The van der Waals surface area contributed by atoms with Gasteiger partial charge >= 0.3 is 6.18 Å². The highest BCUT2D eigenvalue weighted by molar-refractivity contribution is 5.61. The number of likely N-dealkylation sites (N-methyl/N-ethyl adjacent to an activating group) is 1. The molecule has 3 nitrogen and oxygen atoms in total. The van der Waals surface area contributed by atoms with Crippen LogP contribution in [0.25, 0.3) is 0 Å². The highest BCUT2D eigenvalue weighted by Crippen LogP contribution is 2.38. The topological polar surface area (TPSA) is 32.7 Å². The number of fused-ring (bicyclic) bond motifs is 1. The van der Waals surface area contributed by atoms with Gasteiger partial charge in [0, 0.05) is 7.05 Å². The normalized spacial score (nSPS) is 17.4. The fourth-order valence-electron chi connectivity index (χ4n) is 1.73. The van der Waals surface area contributed by atoms with Gasteiger partial charge in [-0.3, -0.25) is 0 Å². The lowest BCUT2D eigenvalue weighted by Gasteiger charge is -2.28. The van der Waals surface area contributed by atoms with Gasteiger partial charge in [0.15, 0.2) is 6.10 Å². The molecule has 1 aliphatic heterocycles. The average Bonchev–Trinajstić information content (AvgIpc) is 2.27. The Morgan fingerprint density at radius 3 is 2.76 bits per heavy atom. The third kappa shape index (κ3) is 2.31. The third-order valence-corrected chi connectivity index (χ3v) is 2.70. The molecule has 1 N–H and O–H groups in total. The molecule has 1 heterocycles. The Hall–Kier alpha value is -1.43. The molecule has 0 saturated carbocycles. The first-order chi connectivity index (χ1) is 7.89. The van der Waals surface area contributed by atoms with Crippen LogP contribution in [0.1, 0.15) is 11.7 Å². The van der Waals surface area contributed by atoms with E-state index in [4.69, 9.17) is 9.84 Å². The van der Waals surface area contributed by atoms with Gasteiger partial charge in [-0.1, -0.05) is 6.07 Å². The second-order valence-electron chi connectivity index (χ2n) is 3.94. The number of anilines is 1. The van der Waals surface area contributed by atoms with E-state index in [1.165, 1.54) is 18.2 Å². The number of hydrogen-bond acceptors (Lipinski definition) is 3. The average molecular weight is 247 g/mol. The van der Waals surface area contributed by atoms with Crippen molar-refractivity contribution in [2.75, 3.05) is 25.1 Å². The Kier molecular flexibility index (Phi) is 2.91. The van der Waals surface area contributed by atoms with Crippen molar-refractivity contribution >= 4 is 5.69 Å². The van der Waals surface area contributed by atoms with Crippen molar-refractivity contribution in [1.29, 1.82) is 0 Å². The molecule has 1 atom stereocenters. The molecule has 0 unspecified atom stereocenters. The summed E-state index contributed by atoms with van der Waals surface area (Å²) < 4.78 is 42.4. The number of nitrogens with zero attached hydrogens (tertiary/aromatic N) is 1. The first kappa shape index (κ1) is 12.0. The third-order valence-electron chi connectivity index (χ3n) is 2.70. The van der Waals surface area contributed by atoms with E-state index in [1.807, 2.05) is 0 Å². The Balaban J connectivity index is 2.36. The van der Waals surface area contributed by atoms with E-state index in [0.29, 0.717) is 24.6 Å². The highest BCUT2D eigenvalue weighted by atomic mass is 19.4. The van der Waals surface area contributed by atoms with Crippen molar-refractivity contribution in [3.63, 3.8) is 0 Å². The van der Waals surface area contributed by atoms with Crippen LogP contribution in [-0.4, -0.2) is 31.5 Å². The van der Waals surface area contributed by atoms with E-state index >= 15 is 0 Å². The number of benzene rings is 1. The molecule has 0 fully saturated rings. The molecule has 1 aliphatic rings. The maximum Gasteiger partial charge on any atom is 0.418 e. The number of ether oxygens (including phenoxy) is 1. The van der Waals surface area contributed by atoms with Crippen molar-refractivity contribution < 1.29 is 23.0 Å². The maximum atomic E-state index is 12.4. The summed E-state index contributed by atoms with van der Waals surface area (Å²) >= 11 is 0. The van der Waals surface area contributed by atoms with Crippen LogP contribution < -0.4 is 9.64 Å². The van der Waals surface area contributed by atoms with Crippen molar-refractivity contribution in [2.45, 2.75) is 12.3 Å². The van der Waals surface area contributed by atoms with Crippen molar-refractivity contribution in [1.82, 2.24) is 0 Å². The Morgan fingerprint density at radius 2 is 2.12 bits per heavy atom. The molecule has 17 heavy (non-hydrogen) atoms. The lowest BCUT2D eigenvalue weighted by molar-refractivity contribution is -0.206. The summed E-state index contributed by atoms with van der Waals surface area (Å²) in [5.41, 5.74) is 0.394. The lowest BCUT2D eigenvalue weighted by atomic mass is 10.1. The van der Waals surface area contributed by atoms with Gasteiger partial charge in [0.25, 0.3) is 0 Å². The molecule has 1 aromatic rings. The van der Waals surface area contributed by atoms with E-state index < -0.39 is 12.3 Å². The zero-order valence-corrected chi connectivity index (χ0v) is 9.16. The molecular formula is C11H12F3NO2. The minimum absolute atomic E-state index is 0.173. The zero-order chi connectivity index (χ0) is 12.6. The van der Waals surface area contributed by atoms with Crippen LogP contribution in [0, 0.1) is 0 Å². The molecular weight excluding hydrogens is 235 g/mol. The summed E-state index contributed by atoms with van der Waals surface area (Å²) in [5, 5.41) is 9.16. The van der Waals surface area contributed by atoms with Crippen molar-refractivity contribution in [2.24, 2.45) is 0 Å². The second-order valence-corrected chi connectivity index (χ2v) is 3.94. The predicted molar refractivity (Wildman–Crippen MR) is 56.2 cm³/mol. The van der Waals surface area contributed by atoms with Crippen LogP contribution >= 0.6 is 0 Å². The Labute approximate surface area is 96.4 Å². The van der Waals surface area contributed by atoms with E-state index in [0.717, 1.165) is 0 Å². The molecule has 1 aromatic carbocycles. The summed E-state index contributed by atoms with van der Waals surface area (Å²) in [6, 6.07) is 4.00. The highest BCUT2D eigenvalue weighted by Gasteiger charge is 2.39. The Morgan fingerprint density at radius 1 is 1.41 bits per heavy atom. The molecule has 6 heteroatoms. The smallest absolute Gasteiger partial charge is 0.418 e. The van der Waals surface area contributed by atoms with Gasteiger partial charge in [0.2, 0.25) is 0 Å². The molecule has 0 spiro atoms. The summed E-state index contributed by atoms with van der Waals surface area (Å²) in [6.45, 7) is 1.11. The first-order valence-electron chi connectivity index (χ1n) is 5.12. The molecule has 0 aliphatic carbocycles. The molecule has 2 rings (SSSR count). The summed E-state index contributed by atoms with van der Waals surface area (Å²) in [7, 11) is 1.77. The molecule has 94 valence electrons. The molecule has 0 saturated heterocycles. The quantitative estimate of drug-likeness (QED) is 0.825. The van der Waals surface area contributed by atoms with Crippen LogP contribution in [0.2, 0.25) is 0 Å². The van der Waals surface area contributed by atoms with E-state index in [9.17, 15) is 13.2 Å².